The second-order valence-electron chi connectivity index (χ2n) is 4.52. The molecule has 0 aliphatic heterocycles. The summed E-state index contributed by atoms with van der Waals surface area (Å²) >= 11 is 0. The maximum absolute atomic E-state index is 12.0. The molecular weight excluding hydrogens is 246 g/mol. The number of nitrogen functional groups attached to an aromatic ring is 1. The first-order valence-electron chi connectivity index (χ1n) is 5.91. The topological polar surface area (TPSA) is 90.2 Å². The summed E-state index contributed by atoms with van der Waals surface area (Å²) in [7, 11) is 1.74. The molecule has 0 bridgehead atoms. The fourth-order valence-electron chi connectivity index (χ4n) is 1.78. The molecule has 7 heteroatoms. The highest BCUT2D eigenvalue weighted by atomic mass is 16.5. The van der Waals surface area contributed by atoms with Crippen molar-refractivity contribution in [2.75, 3.05) is 12.8 Å². The van der Waals surface area contributed by atoms with Gasteiger partial charge in [-0.1, -0.05) is 5.16 Å². The van der Waals surface area contributed by atoms with Gasteiger partial charge in [0.05, 0.1) is 24.1 Å². The summed E-state index contributed by atoms with van der Waals surface area (Å²) in [4.78, 5) is 13.7. The lowest BCUT2D eigenvalue weighted by molar-refractivity contribution is -0.131. The highest BCUT2D eigenvalue weighted by Gasteiger charge is 2.15. The SMILES string of the molecule is Cc1noc(C)c1CN(C)C(=O)Cn1cc(N)cn1. The van der Waals surface area contributed by atoms with Crippen LogP contribution in [0, 0.1) is 13.8 Å². The van der Waals surface area contributed by atoms with Gasteiger partial charge in [-0.3, -0.25) is 9.48 Å². The molecule has 2 N–H and O–H groups in total. The quantitative estimate of drug-likeness (QED) is 0.878. The van der Waals surface area contributed by atoms with E-state index >= 15 is 0 Å². The van der Waals surface area contributed by atoms with Gasteiger partial charge >= 0.3 is 0 Å². The largest absolute Gasteiger partial charge is 0.396 e. The van der Waals surface area contributed by atoms with Crippen LogP contribution < -0.4 is 5.73 Å². The van der Waals surface area contributed by atoms with E-state index in [0.29, 0.717) is 12.2 Å². The average Bonchev–Trinajstić information content (AvgIpc) is 2.89. The number of hydrogen-bond donors (Lipinski definition) is 1. The summed E-state index contributed by atoms with van der Waals surface area (Å²) in [6, 6.07) is 0. The fourth-order valence-corrected chi connectivity index (χ4v) is 1.78. The molecule has 2 aromatic heterocycles. The smallest absolute Gasteiger partial charge is 0.244 e. The number of anilines is 1. The highest BCUT2D eigenvalue weighted by Crippen LogP contribution is 2.14. The Morgan fingerprint density at radius 1 is 1.53 bits per heavy atom. The van der Waals surface area contributed by atoms with Crippen LogP contribution in [-0.2, 0) is 17.9 Å². The summed E-state index contributed by atoms with van der Waals surface area (Å²) < 4.78 is 6.59. The van der Waals surface area contributed by atoms with Gasteiger partial charge in [0.25, 0.3) is 0 Å². The first-order valence-corrected chi connectivity index (χ1v) is 5.91. The second kappa shape index (κ2) is 5.13. The van der Waals surface area contributed by atoms with Gasteiger partial charge in [0, 0.05) is 18.8 Å². The average molecular weight is 263 g/mol. The molecule has 2 rings (SSSR count). The summed E-state index contributed by atoms with van der Waals surface area (Å²) in [5, 5.41) is 7.85. The molecule has 0 fully saturated rings. The van der Waals surface area contributed by atoms with Crippen molar-refractivity contribution in [3.63, 3.8) is 0 Å². The molecule has 0 aliphatic carbocycles. The lowest BCUT2D eigenvalue weighted by Crippen LogP contribution is -2.30. The molecule has 102 valence electrons. The van der Waals surface area contributed by atoms with E-state index in [2.05, 4.69) is 10.3 Å². The number of hydrogen-bond acceptors (Lipinski definition) is 5. The number of aromatic nitrogens is 3. The van der Waals surface area contributed by atoms with E-state index in [1.54, 1.807) is 18.1 Å². The minimum absolute atomic E-state index is 0.0527. The van der Waals surface area contributed by atoms with Gasteiger partial charge in [-0.05, 0) is 13.8 Å². The monoisotopic (exact) mass is 263 g/mol. The molecule has 0 aromatic carbocycles. The Kier molecular flexibility index (Phi) is 3.55. The van der Waals surface area contributed by atoms with Gasteiger partial charge in [-0.15, -0.1) is 0 Å². The van der Waals surface area contributed by atoms with E-state index in [-0.39, 0.29) is 12.5 Å². The normalized spacial score (nSPS) is 10.7. The number of rotatable bonds is 4. The Labute approximate surface area is 111 Å². The zero-order chi connectivity index (χ0) is 14.0. The number of amides is 1. The van der Waals surface area contributed by atoms with Crippen LogP contribution in [0.2, 0.25) is 0 Å². The molecule has 0 unspecified atom stereocenters. The molecule has 1 amide bonds. The number of aryl methyl sites for hydroxylation is 2. The van der Waals surface area contributed by atoms with Crippen LogP contribution in [0.1, 0.15) is 17.0 Å². The molecule has 0 saturated carbocycles. The Bertz CT molecular complexity index is 567. The minimum atomic E-state index is -0.0527. The second-order valence-corrected chi connectivity index (χ2v) is 4.52. The van der Waals surface area contributed by atoms with Crippen molar-refractivity contribution < 1.29 is 9.32 Å². The van der Waals surface area contributed by atoms with Gasteiger partial charge < -0.3 is 15.2 Å². The number of nitrogens with two attached hydrogens (primary N) is 1. The van der Waals surface area contributed by atoms with Crippen LogP contribution in [0.3, 0.4) is 0 Å². The molecule has 0 atom stereocenters. The summed E-state index contributed by atoms with van der Waals surface area (Å²) in [5.74, 6) is 0.684. The van der Waals surface area contributed by atoms with Crippen LogP contribution in [-0.4, -0.2) is 32.8 Å². The third-order valence-electron chi connectivity index (χ3n) is 2.95. The standard InChI is InChI=1S/C12H17N5O2/c1-8-11(9(2)19-15-8)6-16(3)12(18)7-17-5-10(13)4-14-17/h4-5H,6-7,13H2,1-3H3. The molecule has 0 saturated heterocycles. The van der Waals surface area contributed by atoms with Crippen molar-refractivity contribution in [1.29, 1.82) is 0 Å². The van der Waals surface area contributed by atoms with Crippen LogP contribution in [0.4, 0.5) is 5.69 Å². The zero-order valence-electron chi connectivity index (χ0n) is 11.3. The highest BCUT2D eigenvalue weighted by molar-refractivity contribution is 5.75. The minimum Gasteiger partial charge on any atom is -0.396 e. The van der Waals surface area contributed by atoms with E-state index in [1.807, 2.05) is 13.8 Å². The number of carbonyl (C=O) groups is 1. The summed E-state index contributed by atoms with van der Waals surface area (Å²) in [6.07, 6.45) is 3.14. The van der Waals surface area contributed by atoms with E-state index in [0.717, 1.165) is 17.0 Å². The predicted octanol–water partition coefficient (Wildman–Crippen LogP) is 0.729. The van der Waals surface area contributed by atoms with Crippen LogP contribution in [0.15, 0.2) is 16.9 Å². The van der Waals surface area contributed by atoms with E-state index in [1.165, 1.54) is 10.9 Å². The molecule has 2 aromatic rings. The third-order valence-corrected chi connectivity index (χ3v) is 2.95. The van der Waals surface area contributed by atoms with Gasteiger partial charge in [-0.2, -0.15) is 5.10 Å². The van der Waals surface area contributed by atoms with E-state index < -0.39 is 0 Å². The molecule has 19 heavy (non-hydrogen) atoms. The number of carbonyl (C=O) groups excluding carboxylic acids is 1. The van der Waals surface area contributed by atoms with Crippen molar-refractivity contribution in [3.8, 4) is 0 Å². The first-order chi connectivity index (χ1) is 8.97. The van der Waals surface area contributed by atoms with Crippen molar-refractivity contribution >= 4 is 11.6 Å². The van der Waals surface area contributed by atoms with Crippen LogP contribution in [0.5, 0.6) is 0 Å². The van der Waals surface area contributed by atoms with E-state index in [4.69, 9.17) is 10.3 Å². The molecule has 0 aliphatic rings. The molecule has 0 radical (unpaired) electrons. The number of nitrogens with zero attached hydrogens (tertiary/aromatic N) is 4. The third kappa shape index (κ3) is 2.93. The Balaban J connectivity index is 2.00. The maximum Gasteiger partial charge on any atom is 0.244 e. The lowest BCUT2D eigenvalue weighted by Gasteiger charge is -2.16. The van der Waals surface area contributed by atoms with Crippen molar-refractivity contribution in [3.05, 3.63) is 29.4 Å². The van der Waals surface area contributed by atoms with Crippen molar-refractivity contribution in [1.82, 2.24) is 19.8 Å². The predicted molar refractivity (Wildman–Crippen MR) is 69.1 cm³/mol. The van der Waals surface area contributed by atoms with E-state index in [9.17, 15) is 4.79 Å². The molecule has 0 spiro atoms. The fraction of sp³-hybridized carbons (Fsp3) is 0.417. The Hall–Kier alpha value is -2.31. The lowest BCUT2D eigenvalue weighted by atomic mass is 10.2. The van der Waals surface area contributed by atoms with Gasteiger partial charge in [0.2, 0.25) is 5.91 Å². The van der Waals surface area contributed by atoms with Crippen molar-refractivity contribution in [2.24, 2.45) is 0 Å². The number of likely N-dealkylation sites (N-methyl/N-ethyl adjacent to an activating group) is 1. The molecule has 2 heterocycles. The van der Waals surface area contributed by atoms with Gasteiger partial charge in [0.1, 0.15) is 12.3 Å². The van der Waals surface area contributed by atoms with Crippen molar-refractivity contribution in [2.45, 2.75) is 26.9 Å². The van der Waals surface area contributed by atoms with Gasteiger partial charge in [0.15, 0.2) is 0 Å². The van der Waals surface area contributed by atoms with Crippen LogP contribution in [0.25, 0.3) is 0 Å². The molecular formula is C12H17N5O2. The maximum atomic E-state index is 12.0. The first kappa shape index (κ1) is 13.1. The summed E-state index contributed by atoms with van der Waals surface area (Å²) in [5.41, 5.74) is 7.84. The summed E-state index contributed by atoms with van der Waals surface area (Å²) in [6.45, 7) is 4.33. The zero-order valence-corrected chi connectivity index (χ0v) is 11.3. The van der Waals surface area contributed by atoms with Gasteiger partial charge in [-0.25, -0.2) is 0 Å². The van der Waals surface area contributed by atoms with Crippen LogP contribution >= 0.6 is 0 Å². The Morgan fingerprint density at radius 2 is 2.26 bits per heavy atom. The molecule has 7 nitrogen and oxygen atoms in total. The Morgan fingerprint density at radius 3 is 2.79 bits per heavy atom.